The molecule has 0 unspecified atom stereocenters. The van der Waals surface area contributed by atoms with Crippen LogP contribution < -0.4 is 10.2 Å². The minimum atomic E-state index is -0.510. The topological polar surface area (TPSA) is 92.1 Å². The number of rotatable bonds is 5. The highest BCUT2D eigenvalue weighted by Gasteiger charge is 2.23. The average molecular weight is 482 g/mol. The second kappa shape index (κ2) is 10.0. The van der Waals surface area contributed by atoms with E-state index in [-0.39, 0.29) is 11.7 Å². The van der Waals surface area contributed by atoms with Crippen LogP contribution in [-0.4, -0.2) is 56.0 Å². The van der Waals surface area contributed by atoms with Crippen LogP contribution in [0.2, 0.25) is 5.02 Å². The van der Waals surface area contributed by atoms with E-state index in [0.717, 1.165) is 11.3 Å². The number of piperazine rings is 1. The maximum absolute atomic E-state index is 13.0. The van der Waals surface area contributed by atoms with Crippen LogP contribution in [0.25, 0.3) is 11.3 Å². The number of amides is 2. The monoisotopic (exact) mass is 481 g/mol. The van der Waals surface area contributed by atoms with Gasteiger partial charge in [0.2, 0.25) is 5.91 Å². The van der Waals surface area contributed by atoms with Crippen LogP contribution in [0.5, 0.6) is 0 Å². The van der Waals surface area contributed by atoms with Gasteiger partial charge in [0, 0.05) is 43.7 Å². The third-order valence-corrected chi connectivity index (χ3v) is 5.91. The maximum Gasteiger partial charge on any atom is 0.337 e. The molecular formula is C25H24ClN3O5. The molecule has 8 nitrogen and oxygen atoms in total. The first-order valence-corrected chi connectivity index (χ1v) is 11.1. The summed E-state index contributed by atoms with van der Waals surface area (Å²) >= 11 is 6.06. The number of nitrogens with one attached hydrogen (secondary N) is 1. The molecule has 2 aromatic carbocycles. The highest BCUT2D eigenvalue weighted by molar-refractivity contribution is 6.30. The Labute approximate surface area is 202 Å². The van der Waals surface area contributed by atoms with Gasteiger partial charge in [0.1, 0.15) is 5.76 Å². The van der Waals surface area contributed by atoms with Crippen molar-refractivity contribution in [2.45, 2.75) is 6.92 Å². The summed E-state index contributed by atoms with van der Waals surface area (Å²) in [6.45, 7) is 3.89. The molecule has 0 saturated carbocycles. The SMILES string of the molecule is COC(=O)c1ccc(N2CCN(C(C)=O)CC2)c(NC(=O)c2ccc(-c3cccc(Cl)c3)o2)c1. The molecule has 4 rings (SSSR count). The summed E-state index contributed by atoms with van der Waals surface area (Å²) in [5, 5.41) is 3.43. The number of carbonyl (C=O) groups is 3. The molecule has 0 aliphatic carbocycles. The van der Waals surface area contributed by atoms with E-state index in [9.17, 15) is 14.4 Å². The van der Waals surface area contributed by atoms with Crippen LogP contribution in [-0.2, 0) is 9.53 Å². The van der Waals surface area contributed by atoms with Crippen molar-refractivity contribution in [3.63, 3.8) is 0 Å². The van der Waals surface area contributed by atoms with E-state index in [1.165, 1.54) is 7.11 Å². The number of ether oxygens (including phenoxy) is 1. The summed E-state index contributed by atoms with van der Waals surface area (Å²) in [5.74, 6) is -0.312. The highest BCUT2D eigenvalue weighted by atomic mass is 35.5. The van der Waals surface area contributed by atoms with Gasteiger partial charge in [-0.15, -0.1) is 0 Å². The molecule has 1 aromatic heterocycles. The van der Waals surface area contributed by atoms with E-state index in [1.54, 1.807) is 60.4 Å². The van der Waals surface area contributed by atoms with Gasteiger partial charge in [-0.25, -0.2) is 4.79 Å². The standard InChI is InChI=1S/C25H24ClN3O5/c1-16(30)28-10-12-29(13-11-28)21-7-6-18(25(32)33-2)15-20(21)27-24(31)23-9-8-22(34-23)17-4-3-5-19(26)14-17/h3-9,14-15H,10-13H2,1-2H3,(H,27,31). The van der Waals surface area contributed by atoms with Gasteiger partial charge in [0.25, 0.3) is 5.91 Å². The summed E-state index contributed by atoms with van der Waals surface area (Å²) in [7, 11) is 1.30. The Morgan fingerprint density at radius 1 is 1.00 bits per heavy atom. The molecule has 0 spiro atoms. The van der Waals surface area contributed by atoms with Crippen molar-refractivity contribution in [2.24, 2.45) is 0 Å². The van der Waals surface area contributed by atoms with Gasteiger partial charge in [-0.3, -0.25) is 9.59 Å². The summed E-state index contributed by atoms with van der Waals surface area (Å²) < 4.78 is 10.6. The molecule has 0 bridgehead atoms. The Bertz CT molecular complexity index is 1230. The zero-order valence-corrected chi connectivity index (χ0v) is 19.6. The van der Waals surface area contributed by atoms with Crippen molar-refractivity contribution in [1.29, 1.82) is 0 Å². The number of methoxy groups -OCH3 is 1. The van der Waals surface area contributed by atoms with Crippen LogP contribution >= 0.6 is 11.6 Å². The van der Waals surface area contributed by atoms with E-state index in [4.69, 9.17) is 20.8 Å². The molecule has 9 heteroatoms. The molecule has 1 N–H and O–H groups in total. The fourth-order valence-electron chi connectivity index (χ4n) is 3.86. The Morgan fingerprint density at radius 2 is 1.76 bits per heavy atom. The number of halogens is 1. The molecule has 0 atom stereocenters. The minimum absolute atomic E-state index is 0.0301. The molecule has 176 valence electrons. The summed E-state index contributed by atoms with van der Waals surface area (Å²) in [6.07, 6.45) is 0. The molecule has 34 heavy (non-hydrogen) atoms. The third-order valence-electron chi connectivity index (χ3n) is 5.67. The van der Waals surface area contributed by atoms with E-state index in [1.807, 2.05) is 6.07 Å². The van der Waals surface area contributed by atoms with Crippen molar-refractivity contribution in [2.75, 3.05) is 43.5 Å². The maximum atomic E-state index is 13.0. The number of hydrogen-bond donors (Lipinski definition) is 1. The number of carbonyl (C=O) groups excluding carboxylic acids is 3. The number of furan rings is 1. The van der Waals surface area contributed by atoms with Crippen LogP contribution in [0.3, 0.4) is 0 Å². The van der Waals surface area contributed by atoms with Crippen molar-refractivity contribution >= 4 is 40.8 Å². The normalized spacial score (nSPS) is 13.5. The average Bonchev–Trinajstić information content (AvgIpc) is 3.34. The lowest BCUT2D eigenvalue weighted by Gasteiger charge is -2.36. The minimum Gasteiger partial charge on any atom is -0.465 e. The van der Waals surface area contributed by atoms with Gasteiger partial charge in [0.05, 0.1) is 24.0 Å². The van der Waals surface area contributed by atoms with Crippen LogP contribution in [0.15, 0.2) is 59.0 Å². The zero-order chi connectivity index (χ0) is 24.2. The molecule has 2 amide bonds. The van der Waals surface area contributed by atoms with E-state index in [2.05, 4.69) is 10.2 Å². The molecule has 2 heterocycles. The summed E-state index contributed by atoms with van der Waals surface area (Å²) in [6, 6.07) is 15.4. The Morgan fingerprint density at radius 3 is 2.44 bits per heavy atom. The summed E-state index contributed by atoms with van der Waals surface area (Å²) in [4.78, 5) is 40.6. The Hall–Kier alpha value is -3.78. The van der Waals surface area contributed by atoms with Crippen LogP contribution in [0.4, 0.5) is 11.4 Å². The number of hydrogen-bond acceptors (Lipinski definition) is 6. The predicted octanol–water partition coefficient (Wildman–Crippen LogP) is 4.31. The lowest BCUT2D eigenvalue weighted by atomic mass is 10.1. The van der Waals surface area contributed by atoms with E-state index >= 15 is 0 Å². The van der Waals surface area contributed by atoms with Crippen LogP contribution in [0, 0.1) is 0 Å². The van der Waals surface area contributed by atoms with E-state index < -0.39 is 11.9 Å². The quantitative estimate of drug-likeness (QED) is 0.546. The Balaban J connectivity index is 1.59. The molecule has 1 aliphatic heterocycles. The van der Waals surface area contributed by atoms with Crippen molar-refractivity contribution < 1.29 is 23.5 Å². The first-order valence-electron chi connectivity index (χ1n) is 10.8. The molecule has 1 saturated heterocycles. The zero-order valence-electron chi connectivity index (χ0n) is 18.8. The molecule has 0 radical (unpaired) electrons. The number of esters is 1. The van der Waals surface area contributed by atoms with Gasteiger partial charge in [-0.1, -0.05) is 23.7 Å². The highest BCUT2D eigenvalue weighted by Crippen LogP contribution is 2.30. The fourth-order valence-corrected chi connectivity index (χ4v) is 4.05. The number of benzene rings is 2. The Kier molecular flexibility index (Phi) is 6.88. The number of anilines is 2. The third kappa shape index (κ3) is 5.07. The molecular weight excluding hydrogens is 458 g/mol. The van der Waals surface area contributed by atoms with E-state index in [0.29, 0.717) is 48.2 Å². The molecule has 3 aromatic rings. The van der Waals surface area contributed by atoms with Crippen molar-refractivity contribution in [3.8, 4) is 11.3 Å². The number of nitrogens with zero attached hydrogens (tertiary/aromatic N) is 2. The summed E-state index contributed by atoms with van der Waals surface area (Å²) in [5.41, 5.74) is 2.25. The van der Waals surface area contributed by atoms with Crippen LogP contribution in [0.1, 0.15) is 27.8 Å². The van der Waals surface area contributed by atoms with Gasteiger partial charge in [-0.05, 0) is 42.5 Å². The largest absolute Gasteiger partial charge is 0.465 e. The van der Waals surface area contributed by atoms with Gasteiger partial charge in [0.15, 0.2) is 5.76 Å². The second-order valence-electron chi connectivity index (χ2n) is 7.84. The first-order chi connectivity index (χ1) is 16.4. The lowest BCUT2D eigenvalue weighted by Crippen LogP contribution is -2.48. The lowest BCUT2D eigenvalue weighted by molar-refractivity contribution is -0.129. The fraction of sp³-hybridized carbons (Fsp3) is 0.240. The van der Waals surface area contributed by atoms with Gasteiger partial charge in [-0.2, -0.15) is 0 Å². The van der Waals surface area contributed by atoms with Gasteiger partial charge >= 0.3 is 5.97 Å². The smallest absolute Gasteiger partial charge is 0.337 e. The van der Waals surface area contributed by atoms with Crippen molar-refractivity contribution in [3.05, 3.63) is 70.9 Å². The molecule has 1 fully saturated rings. The first kappa shape index (κ1) is 23.4. The van der Waals surface area contributed by atoms with Gasteiger partial charge < -0.3 is 24.3 Å². The predicted molar refractivity (Wildman–Crippen MR) is 129 cm³/mol. The molecule has 1 aliphatic rings. The van der Waals surface area contributed by atoms with Crippen molar-refractivity contribution in [1.82, 2.24) is 4.90 Å². The second-order valence-corrected chi connectivity index (χ2v) is 8.28.